The summed E-state index contributed by atoms with van der Waals surface area (Å²) >= 11 is 0. The summed E-state index contributed by atoms with van der Waals surface area (Å²) in [4.78, 5) is 17.9. The van der Waals surface area contributed by atoms with E-state index >= 15 is 0 Å². The second-order valence-electron chi connectivity index (χ2n) is 4.31. The summed E-state index contributed by atoms with van der Waals surface area (Å²) in [5.74, 6) is 0.924. The summed E-state index contributed by atoms with van der Waals surface area (Å²) in [6.07, 6.45) is -3.27. The number of halogens is 3. The predicted octanol–water partition coefficient (Wildman–Crippen LogP) is 2.37. The Morgan fingerprint density at radius 3 is 2.78 bits per heavy atom. The van der Waals surface area contributed by atoms with Crippen molar-refractivity contribution in [2.45, 2.75) is 37.8 Å². The zero-order valence-corrected chi connectivity index (χ0v) is 9.59. The first-order chi connectivity index (χ1) is 8.44. The van der Waals surface area contributed by atoms with E-state index in [0.717, 1.165) is 18.9 Å². The smallest absolute Gasteiger partial charge is 0.389 e. The van der Waals surface area contributed by atoms with Gasteiger partial charge in [-0.15, -0.1) is 0 Å². The van der Waals surface area contributed by atoms with Crippen LogP contribution in [-0.2, 0) is 0 Å². The van der Waals surface area contributed by atoms with E-state index in [4.69, 9.17) is 4.74 Å². The van der Waals surface area contributed by atoms with Crippen molar-refractivity contribution in [3.05, 3.63) is 22.2 Å². The first kappa shape index (κ1) is 12.9. The maximum absolute atomic E-state index is 11.9. The molecule has 0 amide bonds. The number of ether oxygens (including phenoxy) is 1. The van der Waals surface area contributed by atoms with Crippen LogP contribution in [0.1, 0.15) is 37.4 Å². The molecule has 0 atom stereocenters. The number of nitrogens with one attached hydrogen (secondary N) is 1. The normalized spacial score (nSPS) is 15.7. The Bertz CT molecular complexity index is 466. The average molecular weight is 262 g/mol. The van der Waals surface area contributed by atoms with Crippen LogP contribution in [0, 0.1) is 0 Å². The fourth-order valence-corrected chi connectivity index (χ4v) is 1.53. The topological polar surface area (TPSA) is 55.0 Å². The number of alkyl halides is 3. The minimum absolute atomic E-state index is 0.0972. The number of H-pyrrole nitrogens is 1. The molecule has 4 nitrogen and oxygen atoms in total. The van der Waals surface area contributed by atoms with Crippen molar-refractivity contribution >= 4 is 0 Å². The van der Waals surface area contributed by atoms with Crippen molar-refractivity contribution in [2.75, 3.05) is 6.61 Å². The largest absolute Gasteiger partial charge is 0.477 e. The lowest BCUT2D eigenvalue weighted by atomic mass is 10.3. The fraction of sp³-hybridized carbons (Fsp3) is 0.636. The molecule has 7 heteroatoms. The highest BCUT2D eigenvalue weighted by molar-refractivity contribution is 5.13. The quantitative estimate of drug-likeness (QED) is 0.829. The van der Waals surface area contributed by atoms with Gasteiger partial charge in [0, 0.05) is 12.3 Å². The molecule has 1 aromatic heterocycles. The molecule has 0 unspecified atom stereocenters. The van der Waals surface area contributed by atoms with Crippen LogP contribution in [0.15, 0.2) is 10.9 Å². The standard InChI is InChI=1S/C11H13F3N2O2/c12-11(13,14)4-1-5-18-9-6-8(17)15-10(16-9)7-2-3-7/h6-7H,1-5H2,(H,15,16,17). The van der Waals surface area contributed by atoms with Crippen molar-refractivity contribution in [2.24, 2.45) is 0 Å². The zero-order chi connectivity index (χ0) is 13.2. The summed E-state index contributed by atoms with van der Waals surface area (Å²) in [7, 11) is 0. The van der Waals surface area contributed by atoms with Crippen molar-refractivity contribution in [1.82, 2.24) is 9.97 Å². The monoisotopic (exact) mass is 262 g/mol. The Hall–Kier alpha value is -1.53. The van der Waals surface area contributed by atoms with E-state index in [9.17, 15) is 18.0 Å². The van der Waals surface area contributed by atoms with Crippen LogP contribution < -0.4 is 10.3 Å². The lowest BCUT2D eigenvalue weighted by Gasteiger charge is -2.08. The van der Waals surface area contributed by atoms with Gasteiger partial charge in [0.15, 0.2) is 0 Å². The third kappa shape index (κ3) is 4.05. The Kier molecular flexibility index (Phi) is 3.58. The molecule has 1 aliphatic rings. The average Bonchev–Trinajstić information content (AvgIpc) is 3.06. The van der Waals surface area contributed by atoms with Gasteiger partial charge in [-0.1, -0.05) is 0 Å². The number of hydrogen-bond acceptors (Lipinski definition) is 3. The molecule has 1 heterocycles. The molecule has 1 saturated carbocycles. The molecule has 2 rings (SSSR count). The van der Waals surface area contributed by atoms with Gasteiger partial charge in [-0.25, -0.2) is 0 Å². The maximum Gasteiger partial charge on any atom is 0.389 e. The Balaban J connectivity index is 1.87. The highest BCUT2D eigenvalue weighted by atomic mass is 19.4. The number of hydrogen-bond donors (Lipinski definition) is 1. The third-order valence-electron chi connectivity index (χ3n) is 2.56. The third-order valence-corrected chi connectivity index (χ3v) is 2.56. The fourth-order valence-electron chi connectivity index (χ4n) is 1.53. The molecular weight excluding hydrogens is 249 g/mol. The van der Waals surface area contributed by atoms with E-state index in [1.807, 2.05) is 0 Å². The van der Waals surface area contributed by atoms with Crippen LogP contribution in [-0.4, -0.2) is 22.8 Å². The van der Waals surface area contributed by atoms with Crippen molar-refractivity contribution < 1.29 is 17.9 Å². The van der Waals surface area contributed by atoms with Gasteiger partial charge in [0.05, 0.1) is 12.7 Å². The van der Waals surface area contributed by atoms with Crippen LogP contribution in [0.5, 0.6) is 5.88 Å². The van der Waals surface area contributed by atoms with Gasteiger partial charge in [-0.3, -0.25) is 4.79 Å². The molecule has 0 radical (unpaired) electrons. The zero-order valence-electron chi connectivity index (χ0n) is 9.59. The number of aromatic amines is 1. The van der Waals surface area contributed by atoms with Crippen LogP contribution >= 0.6 is 0 Å². The lowest BCUT2D eigenvalue weighted by Crippen LogP contribution is -2.13. The summed E-state index contributed by atoms with van der Waals surface area (Å²) in [6.45, 7) is -0.0972. The van der Waals surface area contributed by atoms with E-state index in [-0.39, 0.29) is 30.4 Å². The van der Waals surface area contributed by atoms with Crippen molar-refractivity contribution in [3.8, 4) is 5.88 Å². The molecule has 0 saturated heterocycles. The van der Waals surface area contributed by atoms with Crippen LogP contribution in [0.4, 0.5) is 13.2 Å². The molecule has 100 valence electrons. The number of aromatic nitrogens is 2. The second-order valence-corrected chi connectivity index (χ2v) is 4.31. The molecule has 18 heavy (non-hydrogen) atoms. The molecule has 0 aliphatic heterocycles. The van der Waals surface area contributed by atoms with Gasteiger partial charge in [0.1, 0.15) is 5.82 Å². The summed E-state index contributed by atoms with van der Waals surface area (Å²) < 4.78 is 40.8. The minimum atomic E-state index is -4.18. The van der Waals surface area contributed by atoms with E-state index in [0.29, 0.717) is 5.82 Å². The van der Waals surface area contributed by atoms with Gasteiger partial charge in [-0.05, 0) is 19.3 Å². The SMILES string of the molecule is O=c1cc(OCCCC(F)(F)F)nc(C2CC2)[nH]1. The van der Waals surface area contributed by atoms with Crippen molar-refractivity contribution in [1.29, 1.82) is 0 Å². The van der Waals surface area contributed by atoms with Gasteiger partial charge >= 0.3 is 6.18 Å². The van der Waals surface area contributed by atoms with Crippen LogP contribution in [0.2, 0.25) is 0 Å². The maximum atomic E-state index is 11.9. The van der Waals surface area contributed by atoms with Gasteiger partial charge in [-0.2, -0.15) is 18.2 Å². The first-order valence-electron chi connectivity index (χ1n) is 5.75. The summed E-state index contributed by atoms with van der Waals surface area (Å²) in [6, 6.07) is 1.15. The van der Waals surface area contributed by atoms with E-state index < -0.39 is 12.6 Å². The lowest BCUT2D eigenvalue weighted by molar-refractivity contribution is -0.136. The van der Waals surface area contributed by atoms with Crippen molar-refractivity contribution in [3.63, 3.8) is 0 Å². The highest BCUT2D eigenvalue weighted by Crippen LogP contribution is 2.37. The first-order valence-corrected chi connectivity index (χ1v) is 5.75. The molecule has 1 fully saturated rings. The predicted molar refractivity (Wildman–Crippen MR) is 57.6 cm³/mol. The molecule has 1 N–H and O–H groups in total. The van der Waals surface area contributed by atoms with Gasteiger partial charge in [0.25, 0.3) is 5.56 Å². The molecule has 0 bridgehead atoms. The minimum Gasteiger partial charge on any atom is -0.477 e. The molecule has 1 aromatic rings. The van der Waals surface area contributed by atoms with Gasteiger partial charge in [0.2, 0.25) is 5.88 Å². The molecular formula is C11H13F3N2O2. The second kappa shape index (κ2) is 4.99. The molecule has 0 spiro atoms. The van der Waals surface area contributed by atoms with Gasteiger partial charge < -0.3 is 9.72 Å². The summed E-state index contributed by atoms with van der Waals surface area (Å²) in [5, 5.41) is 0. The van der Waals surface area contributed by atoms with E-state index in [1.54, 1.807) is 0 Å². The Morgan fingerprint density at radius 2 is 2.17 bits per heavy atom. The molecule has 1 aliphatic carbocycles. The van der Waals surface area contributed by atoms with E-state index in [1.165, 1.54) is 0 Å². The van der Waals surface area contributed by atoms with E-state index in [2.05, 4.69) is 9.97 Å². The Labute approximate surface area is 101 Å². The number of nitrogens with zero attached hydrogens (tertiary/aromatic N) is 1. The highest BCUT2D eigenvalue weighted by Gasteiger charge is 2.27. The Morgan fingerprint density at radius 1 is 1.44 bits per heavy atom. The molecule has 0 aromatic carbocycles. The number of rotatable bonds is 5. The van der Waals surface area contributed by atoms with Crippen LogP contribution in [0.25, 0.3) is 0 Å². The summed E-state index contributed by atoms with van der Waals surface area (Å²) in [5.41, 5.74) is -0.335. The van der Waals surface area contributed by atoms with Crippen LogP contribution in [0.3, 0.4) is 0 Å².